The quantitative estimate of drug-likeness (QED) is 0.413. The van der Waals surface area contributed by atoms with E-state index in [2.05, 4.69) is 15.3 Å². The lowest BCUT2D eigenvalue weighted by molar-refractivity contribution is 0.871. The van der Waals surface area contributed by atoms with Gasteiger partial charge in [-0.3, -0.25) is 0 Å². The molecule has 4 nitrogen and oxygen atoms in total. The molecule has 0 aliphatic rings. The Balaban J connectivity index is 2.05. The fourth-order valence-electron chi connectivity index (χ4n) is 1.97. The predicted octanol–water partition coefficient (Wildman–Crippen LogP) is 6.10. The van der Waals surface area contributed by atoms with Crippen LogP contribution in [0.3, 0.4) is 0 Å². The molecule has 0 spiro atoms. The van der Waals surface area contributed by atoms with Crippen molar-refractivity contribution in [2.24, 2.45) is 5.10 Å². The fourth-order valence-corrected chi connectivity index (χ4v) is 3.10. The van der Waals surface area contributed by atoms with E-state index in [4.69, 9.17) is 58.6 Å². The number of H-pyrrole nitrogens is 1. The van der Waals surface area contributed by atoms with Crippen molar-refractivity contribution in [3.05, 3.63) is 66.8 Å². The molecule has 0 bridgehead atoms. The lowest BCUT2D eigenvalue weighted by atomic mass is 10.2. The maximum Gasteiger partial charge on any atom is 0.216 e. The molecule has 1 N–H and O–H groups in total. The summed E-state index contributed by atoms with van der Waals surface area (Å²) in [6, 6.07) is 10.2. The number of halogens is 4. The summed E-state index contributed by atoms with van der Waals surface area (Å²) in [6.07, 6.45) is 1.57. The van der Waals surface area contributed by atoms with Crippen LogP contribution in [0.1, 0.15) is 5.56 Å². The smallest absolute Gasteiger partial charge is 0.216 e. The highest BCUT2D eigenvalue weighted by Crippen LogP contribution is 2.29. The van der Waals surface area contributed by atoms with Crippen LogP contribution >= 0.6 is 58.6 Å². The predicted molar refractivity (Wildman–Crippen MR) is 102 cm³/mol. The second-order valence-electron chi connectivity index (χ2n) is 4.70. The monoisotopic (exact) mass is 416 g/mol. The Hall–Kier alpha value is -1.37. The number of rotatable bonds is 3. The van der Waals surface area contributed by atoms with Crippen LogP contribution in [0.15, 0.2) is 41.5 Å². The van der Waals surface area contributed by atoms with E-state index in [-0.39, 0.29) is 0 Å². The molecule has 0 atom stereocenters. The lowest BCUT2D eigenvalue weighted by Crippen LogP contribution is -1.96. The van der Waals surface area contributed by atoms with Gasteiger partial charge in [0, 0.05) is 21.2 Å². The van der Waals surface area contributed by atoms with Crippen LogP contribution in [0, 0.1) is 4.77 Å². The highest BCUT2D eigenvalue weighted by molar-refractivity contribution is 7.71. The zero-order valence-corrected chi connectivity index (χ0v) is 15.6. The SMILES string of the molecule is S=c1[nH]nc(-c2ccc(Cl)cc2Cl)n1/N=C\c1ccc(Cl)cc1Cl. The van der Waals surface area contributed by atoms with E-state index < -0.39 is 0 Å². The van der Waals surface area contributed by atoms with Crippen molar-refractivity contribution in [3.8, 4) is 11.4 Å². The topological polar surface area (TPSA) is 46.0 Å². The Morgan fingerprint density at radius 2 is 1.67 bits per heavy atom. The molecule has 0 radical (unpaired) electrons. The Morgan fingerprint density at radius 3 is 2.33 bits per heavy atom. The van der Waals surface area contributed by atoms with E-state index in [1.807, 2.05) is 0 Å². The minimum atomic E-state index is 0.317. The number of hydrogen-bond donors (Lipinski definition) is 1. The molecular formula is C15H8Cl4N4S. The van der Waals surface area contributed by atoms with Crippen molar-refractivity contribution in [1.29, 1.82) is 0 Å². The molecule has 0 fully saturated rings. The van der Waals surface area contributed by atoms with Crippen LogP contribution in [-0.4, -0.2) is 21.1 Å². The summed E-state index contributed by atoms with van der Waals surface area (Å²) >= 11 is 29.4. The van der Waals surface area contributed by atoms with Gasteiger partial charge < -0.3 is 0 Å². The number of aromatic nitrogens is 3. The third-order valence-electron chi connectivity index (χ3n) is 3.10. The van der Waals surface area contributed by atoms with Gasteiger partial charge in [0.1, 0.15) is 0 Å². The normalized spacial score (nSPS) is 11.3. The molecule has 3 aromatic rings. The Labute approximate surface area is 162 Å². The van der Waals surface area contributed by atoms with Crippen LogP contribution in [0.4, 0.5) is 0 Å². The Kier molecular flexibility index (Phi) is 5.27. The Bertz CT molecular complexity index is 993. The summed E-state index contributed by atoms with van der Waals surface area (Å²) in [5, 5.41) is 13.2. The molecule has 1 heterocycles. The van der Waals surface area contributed by atoms with Crippen LogP contribution in [0.2, 0.25) is 20.1 Å². The third kappa shape index (κ3) is 3.66. The number of aromatic amines is 1. The number of hydrogen-bond acceptors (Lipinski definition) is 3. The maximum absolute atomic E-state index is 6.23. The van der Waals surface area contributed by atoms with Gasteiger partial charge in [-0.2, -0.15) is 14.9 Å². The van der Waals surface area contributed by atoms with Crippen LogP contribution in [-0.2, 0) is 0 Å². The van der Waals surface area contributed by atoms with Crippen LogP contribution < -0.4 is 0 Å². The van der Waals surface area contributed by atoms with Crippen LogP contribution in [0.5, 0.6) is 0 Å². The summed E-state index contributed by atoms with van der Waals surface area (Å²) < 4.78 is 1.77. The van der Waals surface area contributed by atoms with Gasteiger partial charge in [-0.15, -0.1) is 0 Å². The van der Waals surface area contributed by atoms with Gasteiger partial charge in [-0.25, -0.2) is 5.10 Å². The molecule has 0 unspecified atom stereocenters. The summed E-state index contributed by atoms with van der Waals surface area (Å²) in [4.78, 5) is 0. The van der Waals surface area contributed by atoms with E-state index in [1.54, 1.807) is 42.6 Å². The average Bonchev–Trinajstić information content (AvgIpc) is 2.87. The second-order valence-corrected chi connectivity index (χ2v) is 6.77. The third-order valence-corrected chi connectivity index (χ3v) is 4.47. The molecule has 0 aliphatic heterocycles. The van der Waals surface area contributed by atoms with Crippen molar-refractivity contribution in [2.75, 3.05) is 0 Å². The van der Waals surface area contributed by atoms with E-state index in [9.17, 15) is 0 Å². The molecule has 0 amide bonds. The zero-order chi connectivity index (χ0) is 17.3. The van der Waals surface area contributed by atoms with Crippen molar-refractivity contribution < 1.29 is 0 Å². The Morgan fingerprint density at radius 1 is 1.00 bits per heavy atom. The lowest BCUT2D eigenvalue weighted by Gasteiger charge is -2.04. The first kappa shape index (κ1) is 17.5. The molecule has 1 aromatic heterocycles. The van der Waals surface area contributed by atoms with Gasteiger partial charge in [-0.1, -0.05) is 52.5 Å². The van der Waals surface area contributed by atoms with Crippen molar-refractivity contribution in [2.45, 2.75) is 0 Å². The highest BCUT2D eigenvalue weighted by atomic mass is 35.5. The first-order valence-corrected chi connectivity index (χ1v) is 8.50. The van der Waals surface area contributed by atoms with E-state index in [0.717, 1.165) is 0 Å². The molecule has 0 saturated carbocycles. The van der Waals surface area contributed by atoms with Gasteiger partial charge in [-0.05, 0) is 42.5 Å². The molecule has 2 aromatic carbocycles. The van der Waals surface area contributed by atoms with E-state index in [1.165, 1.54) is 4.68 Å². The number of benzene rings is 2. The fraction of sp³-hybridized carbons (Fsp3) is 0. The van der Waals surface area contributed by atoms with Gasteiger partial charge in [0.05, 0.1) is 16.3 Å². The summed E-state index contributed by atoms with van der Waals surface area (Å²) in [5.41, 5.74) is 1.34. The maximum atomic E-state index is 6.23. The van der Waals surface area contributed by atoms with Gasteiger partial charge in [0.25, 0.3) is 0 Å². The summed E-state index contributed by atoms with van der Waals surface area (Å²) in [6.45, 7) is 0. The van der Waals surface area contributed by atoms with Gasteiger partial charge >= 0.3 is 0 Å². The van der Waals surface area contributed by atoms with Crippen LogP contribution in [0.25, 0.3) is 11.4 Å². The molecule has 24 heavy (non-hydrogen) atoms. The first-order chi connectivity index (χ1) is 11.5. The average molecular weight is 418 g/mol. The highest BCUT2D eigenvalue weighted by Gasteiger charge is 2.12. The van der Waals surface area contributed by atoms with E-state index in [0.29, 0.717) is 41.8 Å². The first-order valence-electron chi connectivity index (χ1n) is 6.58. The second kappa shape index (κ2) is 7.25. The molecule has 0 aliphatic carbocycles. The number of nitrogens with one attached hydrogen (secondary N) is 1. The molecule has 122 valence electrons. The van der Waals surface area contributed by atoms with Crippen molar-refractivity contribution in [1.82, 2.24) is 14.9 Å². The largest absolute Gasteiger partial charge is 0.250 e. The standard InChI is InChI=1S/C15H8Cl4N4S/c16-9-2-1-8(12(18)5-9)7-20-23-14(21-22-15(23)24)11-4-3-10(17)6-13(11)19/h1-7H,(H,22,24)/b20-7-. The molecular weight excluding hydrogens is 410 g/mol. The summed E-state index contributed by atoms with van der Waals surface area (Å²) in [7, 11) is 0. The zero-order valence-electron chi connectivity index (χ0n) is 11.8. The summed E-state index contributed by atoms with van der Waals surface area (Å²) in [5.74, 6) is 0.461. The van der Waals surface area contributed by atoms with Crippen molar-refractivity contribution >= 4 is 64.8 Å². The van der Waals surface area contributed by atoms with E-state index >= 15 is 0 Å². The van der Waals surface area contributed by atoms with Gasteiger partial charge in [0.2, 0.25) is 4.77 Å². The van der Waals surface area contributed by atoms with Crippen molar-refractivity contribution in [3.63, 3.8) is 0 Å². The van der Waals surface area contributed by atoms with Gasteiger partial charge in [0.15, 0.2) is 5.82 Å². The minimum Gasteiger partial charge on any atom is -0.250 e. The molecule has 9 heteroatoms. The minimum absolute atomic E-state index is 0.317. The number of nitrogens with zero attached hydrogens (tertiary/aromatic N) is 3. The molecule has 0 saturated heterocycles. The molecule has 3 rings (SSSR count).